The minimum atomic E-state index is -4.38. The van der Waals surface area contributed by atoms with E-state index in [9.17, 15) is 22.4 Å². The third-order valence-electron chi connectivity index (χ3n) is 6.84. The molecule has 2 fully saturated rings. The molecule has 2 atom stereocenters. The highest BCUT2D eigenvalue weighted by molar-refractivity contribution is 5.78. The molecule has 4 rings (SSSR count). The number of piperidine rings is 1. The molecule has 0 bridgehead atoms. The molecule has 2 aliphatic heterocycles. The minimum Gasteiger partial charge on any atom is -0.373 e. The van der Waals surface area contributed by atoms with E-state index in [4.69, 9.17) is 4.74 Å². The number of rotatable bonds is 6. The van der Waals surface area contributed by atoms with Gasteiger partial charge >= 0.3 is 6.18 Å². The maximum atomic E-state index is 13.7. The molecular weight excluding hydrogens is 448 g/mol. The molecule has 184 valence electrons. The van der Waals surface area contributed by atoms with Crippen LogP contribution in [0.5, 0.6) is 0 Å². The molecule has 2 aromatic rings. The lowest BCUT2D eigenvalue weighted by atomic mass is 9.85. The summed E-state index contributed by atoms with van der Waals surface area (Å²) in [5, 5.41) is 0. The van der Waals surface area contributed by atoms with Gasteiger partial charge in [-0.3, -0.25) is 9.69 Å². The Morgan fingerprint density at radius 3 is 2.41 bits per heavy atom. The van der Waals surface area contributed by atoms with E-state index < -0.39 is 11.7 Å². The summed E-state index contributed by atoms with van der Waals surface area (Å²) in [5.41, 5.74) is 1.68. The zero-order chi connectivity index (χ0) is 24.3. The molecule has 0 N–H and O–H groups in total. The Bertz CT molecular complexity index is 987. The van der Waals surface area contributed by atoms with Crippen molar-refractivity contribution in [1.29, 1.82) is 0 Å². The number of amides is 1. The van der Waals surface area contributed by atoms with Crippen molar-refractivity contribution in [2.75, 3.05) is 32.7 Å². The monoisotopic (exact) mass is 478 g/mol. The molecule has 4 nitrogen and oxygen atoms in total. The second-order valence-corrected chi connectivity index (χ2v) is 9.26. The number of aryl methyl sites for hydroxylation is 1. The molecule has 1 amide bonds. The van der Waals surface area contributed by atoms with E-state index in [0.29, 0.717) is 31.6 Å². The van der Waals surface area contributed by atoms with Crippen molar-refractivity contribution in [3.8, 4) is 0 Å². The van der Waals surface area contributed by atoms with Crippen LogP contribution in [0.3, 0.4) is 0 Å². The zero-order valence-corrected chi connectivity index (χ0v) is 19.3. The maximum absolute atomic E-state index is 13.7. The van der Waals surface area contributed by atoms with Gasteiger partial charge in [-0.05, 0) is 80.2 Å². The third-order valence-corrected chi connectivity index (χ3v) is 6.84. The molecule has 0 spiro atoms. The van der Waals surface area contributed by atoms with Gasteiger partial charge in [0.15, 0.2) is 0 Å². The van der Waals surface area contributed by atoms with Crippen LogP contribution in [0, 0.1) is 12.7 Å². The van der Waals surface area contributed by atoms with Crippen LogP contribution in [0.2, 0.25) is 0 Å². The molecule has 2 saturated heterocycles. The van der Waals surface area contributed by atoms with Crippen molar-refractivity contribution in [1.82, 2.24) is 9.80 Å². The molecule has 8 heteroatoms. The van der Waals surface area contributed by atoms with Crippen molar-refractivity contribution in [3.63, 3.8) is 0 Å². The van der Waals surface area contributed by atoms with Gasteiger partial charge in [-0.25, -0.2) is 4.39 Å². The van der Waals surface area contributed by atoms with E-state index in [1.54, 1.807) is 6.07 Å². The van der Waals surface area contributed by atoms with Crippen LogP contribution in [0.25, 0.3) is 0 Å². The number of benzene rings is 2. The molecule has 0 radical (unpaired) electrons. The van der Waals surface area contributed by atoms with Crippen LogP contribution < -0.4 is 0 Å². The lowest BCUT2D eigenvalue weighted by molar-refractivity contribution is -0.138. The average molecular weight is 479 g/mol. The summed E-state index contributed by atoms with van der Waals surface area (Å²) in [4.78, 5) is 17.0. The standard InChI is InChI=1S/C26H30F4N2O2/c1-18-14-21(27)8-9-22(18)23-15-32(25(33)16-31-11-2-3-12-31)13-10-24(23)34-17-19-4-6-20(7-5-19)26(28,29)30/h4-9,14,23-24H,2-3,10-13,15-17H2,1H3. The Morgan fingerprint density at radius 1 is 1.06 bits per heavy atom. The van der Waals surface area contributed by atoms with E-state index in [2.05, 4.69) is 4.90 Å². The highest BCUT2D eigenvalue weighted by atomic mass is 19.4. The molecule has 34 heavy (non-hydrogen) atoms. The molecule has 2 aliphatic rings. The Balaban J connectivity index is 1.47. The number of alkyl halides is 3. The van der Waals surface area contributed by atoms with Crippen LogP contribution in [-0.4, -0.2) is 54.5 Å². The van der Waals surface area contributed by atoms with Crippen LogP contribution in [0.15, 0.2) is 42.5 Å². The van der Waals surface area contributed by atoms with Gasteiger partial charge in [-0.1, -0.05) is 18.2 Å². The predicted octanol–water partition coefficient (Wildman–Crippen LogP) is 5.15. The Labute approximate surface area is 197 Å². The molecular formula is C26H30F4N2O2. The summed E-state index contributed by atoms with van der Waals surface area (Å²) in [5.74, 6) is -0.375. The first-order chi connectivity index (χ1) is 16.2. The summed E-state index contributed by atoms with van der Waals surface area (Å²) in [6.45, 7) is 5.33. The summed E-state index contributed by atoms with van der Waals surface area (Å²) in [7, 11) is 0. The van der Waals surface area contributed by atoms with Crippen molar-refractivity contribution in [2.45, 2.75) is 51.0 Å². The van der Waals surface area contributed by atoms with Crippen molar-refractivity contribution >= 4 is 5.91 Å². The molecule has 2 heterocycles. The number of nitrogens with zero attached hydrogens (tertiary/aromatic N) is 2. The molecule has 0 saturated carbocycles. The first-order valence-electron chi connectivity index (χ1n) is 11.7. The molecule has 0 aromatic heterocycles. The van der Waals surface area contributed by atoms with Gasteiger partial charge in [0.1, 0.15) is 5.82 Å². The first-order valence-corrected chi connectivity index (χ1v) is 11.7. The second kappa shape index (κ2) is 10.4. The number of hydrogen-bond acceptors (Lipinski definition) is 3. The van der Waals surface area contributed by atoms with E-state index in [-0.39, 0.29) is 30.4 Å². The topological polar surface area (TPSA) is 32.8 Å². The number of ether oxygens (including phenoxy) is 1. The van der Waals surface area contributed by atoms with Gasteiger partial charge < -0.3 is 9.64 Å². The van der Waals surface area contributed by atoms with Gasteiger partial charge in [0.05, 0.1) is 24.8 Å². The lowest BCUT2D eigenvalue weighted by Gasteiger charge is -2.40. The summed E-state index contributed by atoms with van der Waals surface area (Å²) in [6.07, 6.45) is -1.77. The smallest absolute Gasteiger partial charge is 0.373 e. The molecule has 2 unspecified atom stereocenters. The van der Waals surface area contributed by atoms with Crippen molar-refractivity contribution in [2.24, 2.45) is 0 Å². The maximum Gasteiger partial charge on any atom is 0.416 e. The normalized spacial score (nSPS) is 21.7. The van der Waals surface area contributed by atoms with Crippen LogP contribution in [0.4, 0.5) is 17.6 Å². The van der Waals surface area contributed by atoms with E-state index >= 15 is 0 Å². The third kappa shape index (κ3) is 5.96. The van der Waals surface area contributed by atoms with Crippen LogP contribution in [0.1, 0.15) is 47.4 Å². The fourth-order valence-electron chi connectivity index (χ4n) is 4.94. The number of carbonyl (C=O) groups is 1. The van der Waals surface area contributed by atoms with Crippen molar-refractivity contribution < 1.29 is 27.1 Å². The zero-order valence-electron chi connectivity index (χ0n) is 19.3. The van der Waals surface area contributed by atoms with Gasteiger partial charge in [0.25, 0.3) is 0 Å². The first kappa shape index (κ1) is 24.7. The second-order valence-electron chi connectivity index (χ2n) is 9.26. The van der Waals surface area contributed by atoms with E-state index in [1.807, 2.05) is 11.8 Å². The predicted molar refractivity (Wildman–Crippen MR) is 121 cm³/mol. The van der Waals surface area contributed by atoms with E-state index in [0.717, 1.165) is 49.2 Å². The lowest BCUT2D eigenvalue weighted by Crippen LogP contribution is -2.48. The average Bonchev–Trinajstić information content (AvgIpc) is 3.30. The molecule has 2 aromatic carbocycles. The van der Waals surface area contributed by atoms with Crippen molar-refractivity contribution in [3.05, 3.63) is 70.5 Å². The fraction of sp³-hybridized carbons (Fsp3) is 0.500. The van der Waals surface area contributed by atoms with Gasteiger partial charge in [-0.2, -0.15) is 13.2 Å². The number of carbonyl (C=O) groups excluding carboxylic acids is 1. The number of halogens is 4. The number of likely N-dealkylation sites (tertiary alicyclic amines) is 2. The van der Waals surface area contributed by atoms with Crippen LogP contribution in [-0.2, 0) is 22.3 Å². The summed E-state index contributed by atoms with van der Waals surface area (Å²) >= 11 is 0. The minimum absolute atomic E-state index is 0.0906. The fourth-order valence-corrected chi connectivity index (χ4v) is 4.94. The van der Waals surface area contributed by atoms with Gasteiger partial charge in [-0.15, -0.1) is 0 Å². The highest BCUT2D eigenvalue weighted by Crippen LogP contribution is 2.33. The number of hydrogen-bond donors (Lipinski definition) is 0. The largest absolute Gasteiger partial charge is 0.416 e. The quantitative estimate of drug-likeness (QED) is 0.539. The van der Waals surface area contributed by atoms with Gasteiger partial charge in [0, 0.05) is 19.0 Å². The summed E-state index contributed by atoms with van der Waals surface area (Å²) < 4.78 is 58.4. The Kier molecular flexibility index (Phi) is 7.57. The summed E-state index contributed by atoms with van der Waals surface area (Å²) in [6, 6.07) is 9.61. The van der Waals surface area contributed by atoms with Gasteiger partial charge in [0.2, 0.25) is 5.91 Å². The molecule has 0 aliphatic carbocycles. The van der Waals surface area contributed by atoms with E-state index in [1.165, 1.54) is 24.3 Å². The SMILES string of the molecule is Cc1cc(F)ccc1C1CN(C(=O)CN2CCCC2)CCC1OCc1ccc(C(F)(F)F)cc1. The Hall–Kier alpha value is -2.45. The Morgan fingerprint density at radius 2 is 1.76 bits per heavy atom. The van der Waals surface area contributed by atoms with Crippen LogP contribution >= 0.6 is 0 Å². The highest BCUT2D eigenvalue weighted by Gasteiger charge is 2.35.